The Morgan fingerprint density at radius 3 is 2.20 bits per heavy atom. The second kappa shape index (κ2) is 15.0. The van der Waals surface area contributed by atoms with E-state index in [0.29, 0.717) is 60.1 Å². The first kappa shape index (κ1) is 36.3. The Morgan fingerprint density at radius 2 is 1.58 bits per heavy atom. The number of carbonyl (C=O) groups is 2. The van der Waals surface area contributed by atoms with Crippen LogP contribution in [0.5, 0.6) is 0 Å². The normalized spacial score (nSPS) is 25.7. The fourth-order valence-corrected chi connectivity index (χ4v) is 7.26. The second-order valence-electron chi connectivity index (χ2n) is 13.4. The molecule has 3 aliphatic rings. The lowest BCUT2D eigenvalue weighted by Crippen LogP contribution is -2.49. The van der Waals surface area contributed by atoms with Crippen LogP contribution >= 0.6 is 11.6 Å². The Bertz CT molecular complexity index is 1630. The van der Waals surface area contributed by atoms with Crippen LogP contribution in [0.2, 0.25) is 5.02 Å². The molecule has 0 aliphatic carbocycles. The minimum atomic E-state index is -5.05. The summed E-state index contributed by atoms with van der Waals surface area (Å²) in [5.41, 5.74) is 2.67. The Morgan fingerprint density at radius 1 is 0.940 bits per heavy atom. The zero-order valence-corrected chi connectivity index (χ0v) is 28.4. The van der Waals surface area contributed by atoms with Crippen molar-refractivity contribution in [2.24, 2.45) is 5.92 Å². The smallest absolute Gasteiger partial charge is 0.392 e. The number of halogens is 4. The summed E-state index contributed by atoms with van der Waals surface area (Å²) in [6, 6.07) is 20.4. The third-order valence-corrected chi connectivity index (χ3v) is 10.4. The van der Waals surface area contributed by atoms with Crippen molar-refractivity contribution >= 4 is 29.1 Å². The highest BCUT2D eigenvalue weighted by molar-refractivity contribution is 6.30. The number of ether oxygens (including phenoxy) is 2. The zero-order chi connectivity index (χ0) is 35.6. The molecule has 0 bridgehead atoms. The largest absolute Gasteiger partial charge is 0.471 e. The molecule has 9 nitrogen and oxygen atoms in total. The van der Waals surface area contributed by atoms with Gasteiger partial charge in [-0.15, -0.1) is 0 Å². The molecule has 3 heterocycles. The van der Waals surface area contributed by atoms with Crippen molar-refractivity contribution < 1.29 is 42.4 Å². The van der Waals surface area contributed by atoms with E-state index in [0.717, 1.165) is 16.7 Å². The molecule has 3 aromatic carbocycles. The molecule has 268 valence electrons. The van der Waals surface area contributed by atoms with Gasteiger partial charge in [-0.1, -0.05) is 67.1 Å². The number of likely N-dealkylation sites (tertiary alicyclic amines) is 2. The van der Waals surface area contributed by atoms with Crippen molar-refractivity contribution in [1.82, 2.24) is 9.80 Å². The van der Waals surface area contributed by atoms with Gasteiger partial charge in [0.05, 0.1) is 24.4 Å². The predicted molar refractivity (Wildman–Crippen MR) is 180 cm³/mol. The van der Waals surface area contributed by atoms with Gasteiger partial charge in [0.1, 0.15) is 6.04 Å². The van der Waals surface area contributed by atoms with Crippen LogP contribution in [0.4, 0.5) is 18.9 Å². The summed E-state index contributed by atoms with van der Waals surface area (Å²) in [6.45, 7) is 3.80. The van der Waals surface area contributed by atoms with E-state index in [1.165, 1.54) is 0 Å². The van der Waals surface area contributed by atoms with Gasteiger partial charge >= 0.3 is 12.1 Å². The highest BCUT2D eigenvalue weighted by atomic mass is 35.5. The maximum atomic E-state index is 13.1. The summed E-state index contributed by atoms with van der Waals surface area (Å²) in [7, 11) is 0. The molecular formula is C37H41ClF3N3O6. The van der Waals surface area contributed by atoms with Crippen molar-refractivity contribution in [2.75, 3.05) is 31.5 Å². The van der Waals surface area contributed by atoms with E-state index in [2.05, 4.69) is 17.1 Å². The predicted octanol–water partition coefficient (Wildman–Crippen LogP) is 6.10. The molecule has 0 unspecified atom stereocenters. The topological polar surface area (TPSA) is 112 Å². The SMILES string of the molecule is C[C@@H]1[C@H](CN2CCC(O)(c3ccc(Cl)cc3)CC2)O[C@H](c2ccc(NC(=O)[C@@H]3CCCN3C(=O)C(F)(F)F)cc2)O[C@@H]1c1ccc(CO)cc1. The molecule has 2 amide bonds. The lowest BCUT2D eigenvalue weighted by molar-refractivity contribution is -0.277. The van der Waals surface area contributed by atoms with Crippen LogP contribution in [0.15, 0.2) is 72.8 Å². The number of aliphatic hydroxyl groups is 2. The minimum absolute atomic E-state index is 0.0596. The Labute approximate surface area is 293 Å². The van der Waals surface area contributed by atoms with Gasteiger partial charge < -0.3 is 34.8 Å². The number of hydrogen-bond donors (Lipinski definition) is 3. The number of hydrogen-bond acceptors (Lipinski definition) is 7. The fourth-order valence-electron chi connectivity index (χ4n) is 7.13. The van der Waals surface area contributed by atoms with Crippen LogP contribution in [0.25, 0.3) is 0 Å². The first-order chi connectivity index (χ1) is 23.8. The first-order valence-corrected chi connectivity index (χ1v) is 17.2. The van der Waals surface area contributed by atoms with Gasteiger partial charge in [0.25, 0.3) is 0 Å². The molecule has 3 fully saturated rings. The number of carbonyl (C=O) groups excluding carboxylic acids is 2. The Balaban J connectivity index is 1.15. The molecular weight excluding hydrogens is 675 g/mol. The van der Waals surface area contributed by atoms with Gasteiger partial charge in [0.2, 0.25) is 5.91 Å². The fraction of sp³-hybridized carbons (Fsp3) is 0.459. The monoisotopic (exact) mass is 715 g/mol. The molecule has 3 N–H and O–H groups in total. The molecule has 3 aromatic rings. The number of rotatable bonds is 8. The third-order valence-electron chi connectivity index (χ3n) is 10.1. The van der Waals surface area contributed by atoms with Crippen LogP contribution in [-0.2, 0) is 31.3 Å². The quantitative estimate of drug-likeness (QED) is 0.259. The Kier molecular flexibility index (Phi) is 10.9. The van der Waals surface area contributed by atoms with E-state index in [1.54, 1.807) is 36.4 Å². The average molecular weight is 716 g/mol. The van der Waals surface area contributed by atoms with E-state index in [1.807, 2.05) is 36.4 Å². The molecule has 0 spiro atoms. The molecule has 50 heavy (non-hydrogen) atoms. The van der Waals surface area contributed by atoms with Crippen LogP contribution in [0, 0.1) is 5.92 Å². The van der Waals surface area contributed by atoms with Crippen molar-refractivity contribution in [1.29, 1.82) is 0 Å². The van der Waals surface area contributed by atoms with Crippen LogP contribution in [0.3, 0.4) is 0 Å². The number of nitrogens with zero attached hydrogens (tertiary/aromatic N) is 2. The highest BCUT2D eigenvalue weighted by Gasteiger charge is 2.48. The van der Waals surface area contributed by atoms with E-state index in [9.17, 15) is 33.0 Å². The number of anilines is 1. The Hall–Kier alpha value is -3.52. The number of alkyl halides is 3. The van der Waals surface area contributed by atoms with Crippen LogP contribution in [0.1, 0.15) is 67.3 Å². The van der Waals surface area contributed by atoms with E-state index in [-0.39, 0.29) is 37.7 Å². The molecule has 0 radical (unpaired) electrons. The van der Waals surface area contributed by atoms with Gasteiger partial charge in [-0.2, -0.15) is 13.2 Å². The summed E-state index contributed by atoms with van der Waals surface area (Å²) in [5, 5.41) is 24.2. The van der Waals surface area contributed by atoms with Crippen molar-refractivity contribution in [3.8, 4) is 0 Å². The molecule has 0 saturated carbocycles. The van der Waals surface area contributed by atoms with Crippen molar-refractivity contribution in [3.05, 3.63) is 100 Å². The van der Waals surface area contributed by atoms with Gasteiger partial charge in [-0.05, 0) is 66.6 Å². The molecule has 6 rings (SSSR count). The summed E-state index contributed by atoms with van der Waals surface area (Å²) >= 11 is 6.06. The summed E-state index contributed by atoms with van der Waals surface area (Å²) < 4.78 is 52.4. The van der Waals surface area contributed by atoms with Gasteiger partial charge in [-0.3, -0.25) is 9.59 Å². The van der Waals surface area contributed by atoms with Gasteiger partial charge in [-0.25, -0.2) is 0 Å². The summed E-state index contributed by atoms with van der Waals surface area (Å²) in [4.78, 5) is 27.7. The molecule has 0 aromatic heterocycles. The molecule has 5 atom stereocenters. The van der Waals surface area contributed by atoms with Crippen LogP contribution in [-0.4, -0.2) is 76.3 Å². The van der Waals surface area contributed by atoms with E-state index >= 15 is 0 Å². The number of aliphatic hydroxyl groups excluding tert-OH is 1. The van der Waals surface area contributed by atoms with Crippen molar-refractivity contribution in [3.63, 3.8) is 0 Å². The van der Waals surface area contributed by atoms with E-state index < -0.39 is 35.9 Å². The molecule has 13 heteroatoms. The summed E-state index contributed by atoms with van der Waals surface area (Å²) in [6.07, 6.45) is -4.86. The standard InChI is InChI=1S/C37H41ClF3N3O6/c1-23-31(21-43-19-16-36(48,17-20-43)27-10-12-28(38)13-11-27)49-34(50-32(23)25-6-4-24(22-45)5-7-25)26-8-14-29(15-9-26)42-33(46)30-3-2-18-44(30)35(47)37(39,40)41/h4-15,23,30-32,34,45,48H,2-3,16-22H2,1H3,(H,42,46)/t23-,30+,31+,32+,34+/m1/s1. The zero-order valence-electron chi connectivity index (χ0n) is 27.6. The first-order valence-electron chi connectivity index (χ1n) is 16.8. The number of amides is 2. The number of benzene rings is 3. The highest BCUT2D eigenvalue weighted by Crippen LogP contribution is 2.43. The lowest BCUT2D eigenvalue weighted by Gasteiger charge is -2.45. The van der Waals surface area contributed by atoms with Crippen LogP contribution < -0.4 is 5.32 Å². The average Bonchev–Trinajstić information content (AvgIpc) is 3.60. The maximum absolute atomic E-state index is 13.1. The summed E-state index contributed by atoms with van der Waals surface area (Å²) in [5.74, 6) is -2.75. The molecule has 3 saturated heterocycles. The van der Waals surface area contributed by atoms with E-state index in [4.69, 9.17) is 21.1 Å². The maximum Gasteiger partial charge on any atom is 0.471 e. The van der Waals surface area contributed by atoms with Gasteiger partial charge in [0.15, 0.2) is 6.29 Å². The van der Waals surface area contributed by atoms with Gasteiger partial charge in [0, 0.05) is 48.4 Å². The second-order valence-corrected chi connectivity index (χ2v) is 13.9. The minimum Gasteiger partial charge on any atom is -0.392 e. The lowest BCUT2D eigenvalue weighted by atomic mass is 9.84. The number of nitrogens with one attached hydrogen (secondary N) is 1. The third kappa shape index (κ3) is 8.01. The molecule has 3 aliphatic heterocycles. The number of piperidine rings is 1. The van der Waals surface area contributed by atoms with Crippen molar-refractivity contribution in [2.45, 2.75) is 75.5 Å².